The number of anilines is 1. The topological polar surface area (TPSA) is 144 Å². The molecule has 0 spiro atoms. The van der Waals surface area contributed by atoms with E-state index in [1.165, 1.54) is 18.2 Å². The number of nitrogens with one attached hydrogen (secondary N) is 1. The average Bonchev–Trinajstić information content (AvgIpc) is 3.37. The second-order valence-electron chi connectivity index (χ2n) is 6.64. The Morgan fingerprint density at radius 2 is 2.13 bits per heavy atom. The van der Waals surface area contributed by atoms with E-state index in [4.69, 9.17) is 0 Å². The van der Waals surface area contributed by atoms with Crippen molar-refractivity contribution in [2.75, 3.05) is 5.32 Å². The van der Waals surface area contributed by atoms with Gasteiger partial charge in [-0.2, -0.15) is 15.5 Å². The van der Waals surface area contributed by atoms with Crippen LogP contribution in [0.25, 0.3) is 16.9 Å². The zero-order chi connectivity index (χ0) is 22.1. The van der Waals surface area contributed by atoms with Crippen molar-refractivity contribution < 1.29 is 9.72 Å². The fraction of sp³-hybridized carbons (Fsp3) is 0.150. The Kier molecular flexibility index (Phi) is 4.88. The first kappa shape index (κ1) is 19.7. The molecule has 4 rings (SSSR count). The summed E-state index contributed by atoms with van der Waals surface area (Å²) in [4.78, 5) is 27.3. The number of nitrogens with zero attached hydrogens (tertiary/aromatic N) is 7. The van der Waals surface area contributed by atoms with Gasteiger partial charge in [0, 0.05) is 42.2 Å². The third-order valence-corrected chi connectivity index (χ3v) is 4.85. The number of amides is 1. The molecule has 1 N–H and O–H groups in total. The lowest BCUT2D eigenvalue weighted by Gasteiger charge is -2.05. The largest absolute Gasteiger partial charge is 0.319 e. The smallest absolute Gasteiger partial charge is 0.276 e. The number of benzene rings is 1. The van der Waals surface area contributed by atoms with Gasteiger partial charge in [-0.1, -0.05) is 0 Å². The Bertz CT molecular complexity index is 1380. The molecule has 0 aliphatic rings. The van der Waals surface area contributed by atoms with Gasteiger partial charge in [0.05, 0.1) is 28.1 Å². The summed E-state index contributed by atoms with van der Waals surface area (Å²) in [6.07, 6.45) is 3.37. The Balaban J connectivity index is 1.70. The number of carbonyl (C=O) groups excluding carboxylic acids is 1. The first-order valence-corrected chi connectivity index (χ1v) is 9.30. The number of hydrogen-bond donors (Lipinski definition) is 1. The van der Waals surface area contributed by atoms with Crippen molar-refractivity contribution in [3.8, 4) is 17.3 Å². The fourth-order valence-electron chi connectivity index (χ4n) is 3.26. The standard InChI is InChI=1S/C20H16N8O3/c1-3-26-12(2)15(11-23-26)18-6-7-22-19-9-17(25-27(18)19)20(29)24-16-5-4-14(28(30)31)8-13(16)10-21/h4-9,11H,3H2,1-2H3,(H,24,29). The maximum absolute atomic E-state index is 12.8. The summed E-state index contributed by atoms with van der Waals surface area (Å²) >= 11 is 0. The van der Waals surface area contributed by atoms with Crippen LogP contribution in [0.3, 0.4) is 0 Å². The summed E-state index contributed by atoms with van der Waals surface area (Å²) in [5, 5.41) is 31.5. The van der Waals surface area contributed by atoms with Crippen molar-refractivity contribution >= 4 is 22.9 Å². The molecule has 0 atom stereocenters. The SMILES string of the molecule is CCn1ncc(-c2ccnc3cc(C(=O)Nc4ccc([N+](=O)[O-])cc4C#N)nn23)c1C. The van der Waals surface area contributed by atoms with Gasteiger partial charge in [0.25, 0.3) is 11.6 Å². The van der Waals surface area contributed by atoms with E-state index in [9.17, 15) is 20.2 Å². The zero-order valence-electron chi connectivity index (χ0n) is 16.6. The van der Waals surface area contributed by atoms with Crippen LogP contribution in [0.15, 0.2) is 42.7 Å². The summed E-state index contributed by atoms with van der Waals surface area (Å²) in [6.45, 7) is 4.67. The molecule has 0 fully saturated rings. The van der Waals surface area contributed by atoms with Gasteiger partial charge >= 0.3 is 0 Å². The number of non-ortho nitro benzene ring substituents is 1. The Morgan fingerprint density at radius 1 is 1.32 bits per heavy atom. The number of nitro benzene ring substituents is 1. The Hall–Kier alpha value is -4.59. The monoisotopic (exact) mass is 416 g/mol. The molecule has 11 heteroatoms. The van der Waals surface area contributed by atoms with Gasteiger partial charge in [-0.25, -0.2) is 9.50 Å². The summed E-state index contributed by atoms with van der Waals surface area (Å²) in [7, 11) is 0. The molecule has 11 nitrogen and oxygen atoms in total. The van der Waals surface area contributed by atoms with Crippen LogP contribution in [0, 0.1) is 28.4 Å². The van der Waals surface area contributed by atoms with Gasteiger partial charge in [0.1, 0.15) is 6.07 Å². The molecule has 154 valence electrons. The van der Waals surface area contributed by atoms with Crippen molar-refractivity contribution in [1.82, 2.24) is 24.4 Å². The van der Waals surface area contributed by atoms with Crippen LogP contribution in [0.4, 0.5) is 11.4 Å². The number of aryl methyl sites for hydroxylation is 1. The normalized spacial score (nSPS) is 10.7. The number of nitro groups is 1. The van der Waals surface area contributed by atoms with E-state index >= 15 is 0 Å². The molecule has 0 unspecified atom stereocenters. The third-order valence-electron chi connectivity index (χ3n) is 4.85. The van der Waals surface area contributed by atoms with Crippen LogP contribution in [0.5, 0.6) is 0 Å². The van der Waals surface area contributed by atoms with E-state index in [0.29, 0.717) is 5.65 Å². The van der Waals surface area contributed by atoms with Crippen molar-refractivity contribution in [2.24, 2.45) is 0 Å². The van der Waals surface area contributed by atoms with Crippen molar-refractivity contribution in [3.05, 3.63) is 69.8 Å². The molecule has 1 amide bonds. The molecule has 0 aliphatic heterocycles. The molecule has 0 saturated carbocycles. The Morgan fingerprint density at radius 3 is 2.81 bits per heavy atom. The lowest BCUT2D eigenvalue weighted by molar-refractivity contribution is -0.384. The highest BCUT2D eigenvalue weighted by Crippen LogP contribution is 2.25. The van der Waals surface area contributed by atoms with Gasteiger partial charge in [-0.05, 0) is 26.0 Å². The van der Waals surface area contributed by atoms with Crippen LogP contribution in [0.2, 0.25) is 0 Å². The number of carbonyl (C=O) groups is 1. The van der Waals surface area contributed by atoms with E-state index in [1.54, 1.807) is 23.0 Å². The second kappa shape index (κ2) is 7.68. The minimum absolute atomic E-state index is 0.0206. The van der Waals surface area contributed by atoms with Crippen LogP contribution >= 0.6 is 0 Å². The van der Waals surface area contributed by atoms with Crippen LogP contribution in [-0.2, 0) is 6.54 Å². The molecule has 0 bridgehead atoms. The lowest BCUT2D eigenvalue weighted by atomic mass is 10.1. The highest BCUT2D eigenvalue weighted by atomic mass is 16.6. The predicted octanol–water partition coefficient (Wildman–Crippen LogP) is 2.95. The zero-order valence-corrected chi connectivity index (χ0v) is 16.6. The maximum atomic E-state index is 12.8. The highest BCUT2D eigenvalue weighted by Gasteiger charge is 2.18. The molecule has 1 aromatic carbocycles. The quantitative estimate of drug-likeness (QED) is 0.389. The molecule has 4 aromatic rings. The van der Waals surface area contributed by atoms with Gasteiger partial charge < -0.3 is 5.32 Å². The number of rotatable bonds is 5. The van der Waals surface area contributed by atoms with Crippen molar-refractivity contribution in [1.29, 1.82) is 5.26 Å². The summed E-state index contributed by atoms with van der Waals surface area (Å²) in [6, 6.07) is 8.80. The first-order valence-electron chi connectivity index (χ1n) is 9.30. The summed E-state index contributed by atoms with van der Waals surface area (Å²) in [5.41, 5.74) is 3.01. The Labute approximate surface area is 175 Å². The van der Waals surface area contributed by atoms with E-state index in [-0.39, 0.29) is 22.6 Å². The van der Waals surface area contributed by atoms with E-state index in [0.717, 1.165) is 29.6 Å². The predicted molar refractivity (Wildman–Crippen MR) is 110 cm³/mol. The molecule has 31 heavy (non-hydrogen) atoms. The molecule has 0 aliphatic carbocycles. The highest BCUT2D eigenvalue weighted by molar-refractivity contribution is 6.04. The van der Waals surface area contributed by atoms with Gasteiger partial charge in [-0.3, -0.25) is 19.6 Å². The van der Waals surface area contributed by atoms with Gasteiger partial charge in [0.15, 0.2) is 11.3 Å². The van der Waals surface area contributed by atoms with Gasteiger partial charge in [-0.15, -0.1) is 0 Å². The minimum Gasteiger partial charge on any atom is -0.319 e. The van der Waals surface area contributed by atoms with Crippen LogP contribution in [-0.4, -0.2) is 35.2 Å². The third kappa shape index (κ3) is 3.46. The molecule has 0 saturated heterocycles. The van der Waals surface area contributed by atoms with Crippen molar-refractivity contribution in [2.45, 2.75) is 20.4 Å². The second-order valence-corrected chi connectivity index (χ2v) is 6.64. The molecule has 3 aromatic heterocycles. The summed E-state index contributed by atoms with van der Waals surface area (Å²) in [5.74, 6) is -0.567. The summed E-state index contributed by atoms with van der Waals surface area (Å²) < 4.78 is 3.41. The average molecular weight is 416 g/mol. The molecular weight excluding hydrogens is 400 g/mol. The number of fused-ring (bicyclic) bond motifs is 1. The van der Waals surface area contributed by atoms with E-state index in [2.05, 4.69) is 20.5 Å². The van der Waals surface area contributed by atoms with E-state index in [1.807, 2.05) is 24.6 Å². The lowest BCUT2D eigenvalue weighted by Crippen LogP contribution is -2.14. The molecule has 0 radical (unpaired) electrons. The number of nitriles is 1. The van der Waals surface area contributed by atoms with Crippen molar-refractivity contribution in [3.63, 3.8) is 0 Å². The molecule has 3 heterocycles. The van der Waals surface area contributed by atoms with Gasteiger partial charge in [0.2, 0.25) is 0 Å². The fourth-order valence-corrected chi connectivity index (χ4v) is 3.26. The molecular formula is C20H16N8O3. The maximum Gasteiger partial charge on any atom is 0.276 e. The number of aromatic nitrogens is 5. The first-order chi connectivity index (χ1) is 14.9. The van der Waals surface area contributed by atoms with Crippen LogP contribution < -0.4 is 5.32 Å². The van der Waals surface area contributed by atoms with E-state index < -0.39 is 10.8 Å². The number of hydrogen-bond acceptors (Lipinski definition) is 7. The minimum atomic E-state index is -0.607. The van der Waals surface area contributed by atoms with Crippen LogP contribution in [0.1, 0.15) is 28.7 Å².